The first-order valence-corrected chi connectivity index (χ1v) is 8.83. The van der Waals surface area contributed by atoms with Crippen molar-refractivity contribution in [3.05, 3.63) is 60.2 Å². The van der Waals surface area contributed by atoms with Crippen molar-refractivity contribution in [1.82, 2.24) is 14.5 Å². The van der Waals surface area contributed by atoms with Crippen LogP contribution in [0.2, 0.25) is 0 Å². The molecule has 0 aliphatic heterocycles. The summed E-state index contributed by atoms with van der Waals surface area (Å²) >= 11 is 0. The third kappa shape index (κ3) is 3.60. The van der Waals surface area contributed by atoms with Crippen molar-refractivity contribution in [3.8, 4) is 17.1 Å². The van der Waals surface area contributed by atoms with Crippen molar-refractivity contribution < 1.29 is 21.6 Å². The fourth-order valence-electron chi connectivity index (χ4n) is 2.31. The third-order valence-electron chi connectivity index (χ3n) is 3.61. The van der Waals surface area contributed by atoms with Gasteiger partial charge in [0.05, 0.1) is 4.90 Å². The Hall–Kier alpha value is -2.72. The van der Waals surface area contributed by atoms with Crippen LogP contribution in [-0.4, -0.2) is 23.0 Å². The van der Waals surface area contributed by atoms with Gasteiger partial charge in [0.2, 0.25) is 10.0 Å². The number of primary sulfonamides is 1. The second-order valence-electron chi connectivity index (χ2n) is 5.54. The van der Waals surface area contributed by atoms with Crippen molar-refractivity contribution in [2.75, 3.05) is 0 Å². The lowest BCUT2D eigenvalue weighted by Gasteiger charge is -2.08. The highest BCUT2D eigenvalue weighted by atomic mass is 32.2. The molecule has 26 heavy (non-hydrogen) atoms. The van der Waals surface area contributed by atoms with E-state index in [1.807, 2.05) is 0 Å². The van der Waals surface area contributed by atoms with E-state index in [1.165, 1.54) is 35.0 Å². The lowest BCUT2D eigenvalue weighted by atomic mass is 10.2. The minimum absolute atomic E-state index is 0.0354. The molecule has 6 nitrogen and oxygen atoms in total. The van der Waals surface area contributed by atoms with E-state index in [0.717, 1.165) is 6.20 Å². The molecule has 3 aromatic rings. The maximum Gasteiger partial charge on any atom is 0.434 e. The number of imidazole rings is 1. The van der Waals surface area contributed by atoms with Crippen molar-refractivity contribution >= 4 is 10.0 Å². The Labute approximate surface area is 147 Å². The van der Waals surface area contributed by atoms with Gasteiger partial charge < -0.3 is 0 Å². The van der Waals surface area contributed by atoms with Crippen molar-refractivity contribution in [3.63, 3.8) is 0 Å². The molecule has 2 aromatic heterocycles. The van der Waals surface area contributed by atoms with Gasteiger partial charge in [-0.05, 0) is 43.3 Å². The molecule has 2 N–H and O–H groups in total. The molecule has 0 aliphatic carbocycles. The van der Waals surface area contributed by atoms with Crippen molar-refractivity contribution in [1.29, 1.82) is 0 Å². The summed E-state index contributed by atoms with van der Waals surface area (Å²) in [7, 11) is -3.90. The van der Waals surface area contributed by atoms with Gasteiger partial charge in [0.1, 0.15) is 5.82 Å². The predicted molar refractivity (Wildman–Crippen MR) is 87.9 cm³/mol. The Morgan fingerprint density at radius 2 is 1.73 bits per heavy atom. The minimum atomic E-state index is -4.63. The highest BCUT2D eigenvalue weighted by molar-refractivity contribution is 7.89. The monoisotopic (exact) mass is 382 g/mol. The molecular weight excluding hydrogens is 369 g/mol. The number of aryl methyl sites for hydroxylation is 1. The van der Waals surface area contributed by atoms with Gasteiger partial charge in [-0.3, -0.25) is 9.55 Å². The number of hydrogen-bond donors (Lipinski definition) is 1. The van der Waals surface area contributed by atoms with Crippen molar-refractivity contribution in [2.45, 2.75) is 18.0 Å². The molecule has 0 atom stereocenters. The van der Waals surface area contributed by atoms with Gasteiger partial charge in [0.15, 0.2) is 5.69 Å². The molecule has 0 saturated heterocycles. The zero-order valence-corrected chi connectivity index (χ0v) is 14.2. The van der Waals surface area contributed by atoms with Gasteiger partial charge in [-0.1, -0.05) is 0 Å². The van der Waals surface area contributed by atoms with E-state index >= 15 is 0 Å². The minimum Gasteiger partial charge on any atom is -0.299 e. The average Bonchev–Trinajstić information content (AvgIpc) is 3.00. The Bertz CT molecular complexity index is 1040. The molecule has 136 valence electrons. The molecule has 0 fully saturated rings. The SMILES string of the molecule is Cc1ccc(-c2nc(C(F)(F)F)cn2-c2ccc(S(N)(=O)=O)cc2)cn1. The van der Waals surface area contributed by atoms with Crippen LogP contribution < -0.4 is 5.14 Å². The van der Waals surface area contributed by atoms with E-state index in [-0.39, 0.29) is 10.7 Å². The number of sulfonamides is 1. The summed E-state index contributed by atoms with van der Waals surface area (Å²) in [6.45, 7) is 1.75. The molecule has 0 unspecified atom stereocenters. The maximum atomic E-state index is 13.1. The molecule has 0 aliphatic rings. The second-order valence-corrected chi connectivity index (χ2v) is 7.11. The number of halogens is 3. The second kappa shape index (κ2) is 6.22. The standard InChI is InChI=1S/C16H13F3N4O2S/c1-10-2-3-11(8-21-10)15-22-14(16(17,18)19)9-23(15)12-4-6-13(7-5-12)26(20,24)25/h2-9H,1H3,(H2,20,24,25). The summed E-state index contributed by atoms with van der Waals surface area (Å²) < 4.78 is 63.2. The van der Waals surface area contributed by atoms with Crippen LogP contribution in [0.1, 0.15) is 11.4 Å². The van der Waals surface area contributed by atoms with Crippen LogP contribution in [0.15, 0.2) is 53.7 Å². The van der Waals surface area contributed by atoms with Crippen LogP contribution in [0.25, 0.3) is 17.1 Å². The fourth-order valence-corrected chi connectivity index (χ4v) is 2.83. The van der Waals surface area contributed by atoms with Gasteiger partial charge in [-0.25, -0.2) is 18.5 Å². The van der Waals surface area contributed by atoms with Crippen LogP contribution >= 0.6 is 0 Å². The lowest BCUT2D eigenvalue weighted by molar-refractivity contribution is -0.140. The number of nitrogens with two attached hydrogens (primary N) is 1. The zero-order chi connectivity index (χ0) is 19.1. The fraction of sp³-hybridized carbons (Fsp3) is 0.125. The van der Waals surface area contributed by atoms with E-state index in [2.05, 4.69) is 9.97 Å². The van der Waals surface area contributed by atoms with Crippen LogP contribution in [0.4, 0.5) is 13.2 Å². The van der Waals surface area contributed by atoms with Crippen molar-refractivity contribution in [2.24, 2.45) is 5.14 Å². The highest BCUT2D eigenvalue weighted by Gasteiger charge is 2.35. The number of rotatable bonds is 3. The topological polar surface area (TPSA) is 90.9 Å². The molecule has 0 radical (unpaired) electrons. The first kappa shape index (κ1) is 18.1. The van der Waals surface area contributed by atoms with Gasteiger partial charge >= 0.3 is 6.18 Å². The Balaban J connectivity index is 2.16. The molecule has 3 rings (SSSR count). The van der Waals surface area contributed by atoms with E-state index < -0.39 is 21.9 Å². The van der Waals surface area contributed by atoms with Gasteiger partial charge in [0.25, 0.3) is 0 Å². The van der Waals surface area contributed by atoms with E-state index in [1.54, 1.807) is 19.1 Å². The first-order chi connectivity index (χ1) is 12.1. The van der Waals surface area contributed by atoms with Crippen LogP contribution in [0.5, 0.6) is 0 Å². The number of alkyl halides is 3. The molecule has 0 bridgehead atoms. The molecular formula is C16H13F3N4O2S. The summed E-state index contributed by atoms with van der Waals surface area (Å²) in [5.74, 6) is 0.0354. The zero-order valence-electron chi connectivity index (χ0n) is 13.4. The quantitative estimate of drug-likeness (QED) is 0.754. The van der Waals surface area contributed by atoms with Gasteiger partial charge in [0, 0.05) is 29.3 Å². The van der Waals surface area contributed by atoms with E-state index in [0.29, 0.717) is 16.9 Å². The smallest absolute Gasteiger partial charge is 0.299 e. The van der Waals surface area contributed by atoms with Gasteiger partial charge in [-0.2, -0.15) is 13.2 Å². The summed E-state index contributed by atoms with van der Waals surface area (Å²) in [4.78, 5) is 7.62. The molecule has 10 heteroatoms. The maximum absolute atomic E-state index is 13.1. The van der Waals surface area contributed by atoms with E-state index in [9.17, 15) is 21.6 Å². The molecule has 1 aromatic carbocycles. The Kier molecular flexibility index (Phi) is 4.32. The number of nitrogens with zero attached hydrogens (tertiary/aromatic N) is 3. The number of aromatic nitrogens is 3. The molecule has 2 heterocycles. The summed E-state index contributed by atoms with van der Waals surface area (Å²) in [6, 6.07) is 8.41. The highest BCUT2D eigenvalue weighted by Crippen LogP contribution is 2.32. The number of hydrogen-bond acceptors (Lipinski definition) is 4. The molecule has 0 spiro atoms. The normalized spacial score (nSPS) is 12.3. The summed E-state index contributed by atoms with van der Waals surface area (Å²) in [5, 5.41) is 5.04. The summed E-state index contributed by atoms with van der Waals surface area (Å²) in [5.41, 5.74) is 0.335. The summed E-state index contributed by atoms with van der Waals surface area (Å²) in [6.07, 6.45) is -2.35. The van der Waals surface area contributed by atoms with E-state index in [4.69, 9.17) is 5.14 Å². The number of pyridine rings is 1. The van der Waals surface area contributed by atoms with Crippen LogP contribution in [0, 0.1) is 6.92 Å². The average molecular weight is 382 g/mol. The third-order valence-corrected chi connectivity index (χ3v) is 4.54. The van der Waals surface area contributed by atoms with Gasteiger partial charge in [-0.15, -0.1) is 0 Å². The Morgan fingerprint density at radius 3 is 2.23 bits per heavy atom. The number of benzene rings is 1. The molecule has 0 saturated carbocycles. The largest absolute Gasteiger partial charge is 0.434 e. The molecule has 0 amide bonds. The van der Waals surface area contributed by atoms with Crippen LogP contribution in [-0.2, 0) is 16.2 Å². The Morgan fingerprint density at radius 1 is 1.08 bits per heavy atom. The predicted octanol–water partition coefficient (Wildman–Crippen LogP) is 2.91. The lowest BCUT2D eigenvalue weighted by Crippen LogP contribution is -2.12. The van der Waals surface area contributed by atoms with Crippen LogP contribution in [0.3, 0.4) is 0 Å². The first-order valence-electron chi connectivity index (χ1n) is 7.28.